The van der Waals surface area contributed by atoms with E-state index in [0.717, 1.165) is 7.11 Å². The van der Waals surface area contributed by atoms with Crippen LogP contribution in [0.3, 0.4) is 0 Å². The van der Waals surface area contributed by atoms with E-state index in [-0.39, 0.29) is 18.7 Å². The lowest BCUT2D eigenvalue weighted by atomic mass is 10.3. The molecule has 20 heavy (non-hydrogen) atoms. The van der Waals surface area contributed by atoms with Crippen LogP contribution < -0.4 is 0 Å². The van der Waals surface area contributed by atoms with Crippen LogP contribution in [-0.2, 0) is 19.6 Å². The maximum absolute atomic E-state index is 13.5. The van der Waals surface area contributed by atoms with Crippen molar-refractivity contribution < 1.29 is 31.1 Å². The third kappa shape index (κ3) is 3.28. The smallest absolute Gasteiger partial charge is 0.321 e. The summed E-state index contributed by atoms with van der Waals surface area (Å²) in [6, 6.07) is 0.504. The molecule has 9 heteroatoms. The molecular formula is C11H12F3NO4S. The molecule has 1 aromatic rings. The van der Waals surface area contributed by atoms with Crippen LogP contribution in [0.15, 0.2) is 17.0 Å². The van der Waals surface area contributed by atoms with Crippen LogP contribution in [0.25, 0.3) is 0 Å². The van der Waals surface area contributed by atoms with Crippen molar-refractivity contribution in [2.24, 2.45) is 0 Å². The zero-order chi connectivity index (χ0) is 15.5. The van der Waals surface area contributed by atoms with Gasteiger partial charge in [-0.25, -0.2) is 21.6 Å². The first-order valence-electron chi connectivity index (χ1n) is 5.45. The number of carbonyl (C=O) groups is 1. The number of halogens is 3. The SMILES string of the molecule is CCN(CC(=O)OC)S(=O)(=O)c1c(F)cc(F)cc1F. The Bertz CT molecular complexity index is 595. The molecule has 0 aliphatic heterocycles. The molecule has 0 spiro atoms. The van der Waals surface area contributed by atoms with Gasteiger partial charge in [0.1, 0.15) is 24.0 Å². The van der Waals surface area contributed by atoms with Crippen molar-refractivity contribution in [3.05, 3.63) is 29.6 Å². The van der Waals surface area contributed by atoms with Gasteiger partial charge in [-0.05, 0) is 0 Å². The van der Waals surface area contributed by atoms with E-state index in [9.17, 15) is 26.4 Å². The van der Waals surface area contributed by atoms with E-state index in [1.807, 2.05) is 0 Å². The first-order chi connectivity index (χ1) is 9.23. The van der Waals surface area contributed by atoms with Crippen molar-refractivity contribution in [3.63, 3.8) is 0 Å². The number of ether oxygens (including phenoxy) is 1. The average molecular weight is 311 g/mol. The molecule has 0 heterocycles. The van der Waals surface area contributed by atoms with E-state index < -0.39 is 44.9 Å². The van der Waals surface area contributed by atoms with Crippen LogP contribution in [-0.4, -0.2) is 38.9 Å². The van der Waals surface area contributed by atoms with Crippen LogP contribution in [0, 0.1) is 17.5 Å². The van der Waals surface area contributed by atoms with Crippen LogP contribution in [0.2, 0.25) is 0 Å². The van der Waals surface area contributed by atoms with E-state index in [1.165, 1.54) is 6.92 Å². The van der Waals surface area contributed by atoms with Gasteiger partial charge in [0.2, 0.25) is 10.0 Å². The molecule has 0 N–H and O–H groups in total. The van der Waals surface area contributed by atoms with Gasteiger partial charge in [-0.15, -0.1) is 0 Å². The summed E-state index contributed by atoms with van der Waals surface area (Å²) in [7, 11) is -3.58. The molecule has 0 amide bonds. The molecule has 0 aromatic heterocycles. The first-order valence-corrected chi connectivity index (χ1v) is 6.89. The summed E-state index contributed by atoms with van der Waals surface area (Å²) in [5, 5.41) is 0. The maximum atomic E-state index is 13.5. The van der Waals surface area contributed by atoms with Crippen molar-refractivity contribution in [3.8, 4) is 0 Å². The molecule has 0 unspecified atom stereocenters. The average Bonchev–Trinajstić information content (AvgIpc) is 2.33. The third-order valence-electron chi connectivity index (χ3n) is 2.45. The molecule has 0 saturated heterocycles. The number of hydrogen-bond acceptors (Lipinski definition) is 4. The highest BCUT2D eigenvalue weighted by Crippen LogP contribution is 2.23. The van der Waals surface area contributed by atoms with Crippen LogP contribution >= 0.6 is 0 Å². The summed E-state index contributed by atoms with van der Waals surface area (Å²) >= 11 is 0. The van der Waals surface area contributed by atoms with Gasteiger partial charge in [-0.1, -0.05) is 6.92 Å². The van der Waals surface area contributed by atoms with Crippen molar-refractivity contribution in [2.45, 2.75) is 11.8 Å². The molecule has 0 fully saturated rings. The zero-order valence-corrected chi connectivity index (χ0v) is 11.5. The second-order valence-electron chi connectivity index (χ2n) is 3.71. The molecule has 0 atom stereocenters. The molecule has 5 nitrogen and oxygen atoms in total. The Balaban J connectivity index is 3.31. The third-order valence-corrected chi connectivity index (χ3v) is 4.42. The molecule has 112 valence electrons. The van der Waals surface area contributed by atoms with Gasteiger partial charge in [-0.2, -0.15) is 4.31 Å². The quantitative estimate of drug-likeness (QED) is 0.769. The number of likely N-dealkylation sites (N-methyl/N-ethyl adjacent to an activating group) is 1. The molecule has 0 bridgehead atoms. The summed E-state index contributed by atoms with van der Waals surface area (Å²) in [5.74, 6) is -5.26. The van der Waals surface area contributed by atoms with Gasteiger partial charge in [-0.3, -0.25) is 4.79 Å². The molecule has 1 rings (SSSR count). The van der Waals surface area contributed by atoms with E-state index in [4.69, 9.17) is 0 Å². The molecule has 0 saturated carbocycles. The lowest BCUT2D eigenvalue weighted by Crippen LogP contribution is -2.37. The lowest BCUT2D eigenvalue weighted by Gasteiger charge is -2.19. The van der Waals surface area contributed by atoms with E-state index in [0.29, 0.717) is 4.31 Å². The van der Waals surface area contributed by atoms with E-state index >= 15 is 0 Å². The Morgan fingerprint density at radius 1 is 1.25 bits per heavy atom. The highest BCUT2D eigenvalue weighted by molar-refractivity contribution is 7.89. The Kier molecular flexibility index (Phi) is 5.12. The monoisotopic (exact) mass is 311 g/mol. The summed E-state index contributed by atoms with van der Waals surface area (Å²) in [6.07, 6.45) is 0. The largest absolute Gasteiger partial charge is 0.468 e. The molecule has 0 radical (unpaired) electrons. The predicted molar refractivity (Wildman–Crippen MR) is 62.8 cm³/mol. The molecule has 0 aliphatic rings. The Morgan fingerprint density at radius 3 is 2.15 bits per heavy atom. The Labute approximate surface area is 114 Å². The number of benzene rings is 1. The standard InChI is InChI=1S/C11H12F3NO4S/c1-3-15(6-10(16)19-2)20(17,18)11-8(13)4-7(12)5-9(11)14/h4-5H,3,6H2,1-2H3. The van der Waals surface area contributed by atoms with Gasteiger partial charge < -0.3 is 4.74 Å². The van der Waals surface area contributed by atoms with Gasteiger partial charge >= 0.3 is 5.97 Å². The van der Waals surface area contributed by atoms with Crippen molar-refractivity contribution in [1.29, 1.82) is 0 Å². The highest BCUT2D eigenvalue weighted by Gasteiger charge is 2.32. The van der Waals surface area contributed by atoms with Gasteiger partial charge in [0.25, 0.3) is 0 Å². The first kappa shape index (κ1) is 16.4. The fourth-order valence-corrected chi connectivity index (χ4v) is 2.96. The number of carbonyl (C=O) groups excluding carboxylic acids is 1. The van der Waals surface area contributed by atoms with Crippen molar-refractivity contribution in [2.75, 3.05) is 20.2 Å². The van der Waals surface area contributed by atoms with Crippen molar-refractivity contribution >= 4 is 16.0 Å². The van der Waals surface area contributed by atoms with Crippen molar-refractivity contribution in [1.82, 2.24) is 4.31 Å². The fourth-order valence-electron chi connectivity index (χ4n) is 1.48. The van der Waals surface area contributed by atoms with Crippen LogP contribution in [0.1, 0.15) is 6.92 Å². The van der Waals surface area contributed by atoms with Crippen LogP contribution in [0.4, 0.5) is 13.2 Å². The van der Waals surface area contributed by atoms with Gasteiger partial charge in [0.15, 0.2) is 4.90 Å². The minimum Gasteiger partial charge on any atom is -0.468 e. The maximum Gasteiger partial charge on any atom is 0.321 e. The number of esters is 1. The van der Waals surface area contributed by atoms with E-state index in [2.05, 4.69) is 4.74 Å². The Morgan fingerprint density at radius 2 is 1.75 bits per heavy atom. The highest BCUT2D eigenvalue weighted by atomic mass is 32.2. The zero-order valence-electron chi connectivity index (χ0n) is 10.7. The molecular weight excluding hydrogens is 299 g/mol. The molecule has 1 aromatic carbocycles. The number of methoxy groups -OCH3 is 1. The minimum atomic E-state index is -4.62. The normalized spacial score (nSPS) is 11.7. The second kappa shape index (κ2) is 6.23. The van der Waals surface area contributed by atoms with Gasteiger partial charge in [0, 0.05) is 18.7 Å². The number of hydrogen-bond donors (Lipinski definition) is 0. The lowest BCUT2D eigenvalue weighted by molar-refractivity contribution is -0.140. The van der Waals surface area contributed by atoms with Crippen LogP contribution in [0.5, 0.6) is 0 Å². The summed E-state index contributed by atoms with van der Waals surface area (Å²) in [5.41, 5.74) is 0. The number of nitrogens with zero attached hydrogens (tertiary/aromatic N) is 1. The fraction of sp³-hybridized carbons (Fsp3) is 0.364. The number of sulfonamides is 1. The topological polar surface area (TPSA) is 63.7 Å². The summed E-state index contributed by atoms with van der Waals surface area (Å²) < 4.78 is 68.8. The summed E-state index contributed by atoms with van der Waals surface area (Å²) in [4.78, 5) is 9.81. The molecule has 0 aliphatic carbocycles. The van der Waals surface area contributed by atoms with E-state index in [1.54, 1.807) is 0 Å². The number of rotatable bonds is 5. The minimum absolute atomic E-state index is 0.215. The second-order valence-corrected chi connectivity index (χ2v) is 5.58. The predicted octanol–water partition coefficient (Wildman–Crippen LogP) is 1.29. The Hall–Kier alpha value is -1.61. The summed E-state index contributed by atoms with van der Waals surface area (Å²) in [6.45, 7) is 0.457. The van der Waals surface area contributed by atoms with Gasteiger partial charge in [0.05, 0.1) is 7.11 Å².